The Morgan fingerprint density at radius 3 is 1.25 bits per heavy atom. The van der Waals surface area contributed by atoms with Gasteiger partial charge in [0.1, 0.15) is 11.5 Å². The average molecular weight is 384 g/mol. The summed E-state index contributed by atoms with van der Waals surface area (Å²) in [5.41, 5.74) is 2.27. The van der Waals surface area contributed by atoms with Gasteiger partial charge < -0.3 is 10.2 Å². The molecular formula is C13H12O2W. The summed E-state index contributed by atoms with van der Waals surface area (Å²) in [4.78, 5) is 0. The average Bonchev–Trinajstić information content (AvgIpc) is 2.25. The third kappa shape index (κ3) is 3.39. The molecule has 0 aliphatic heterocycles. The molecule has 82 valence electrons. The van der Waals surface area contributed by atoms with Crippen molar-refractivity contribution in [3.8, 4) is 11.5 Å². The van der Waals surface area contributed by atoms with Crippen LogP contribution in [0.1, 0.15) is 11.1 Å². The van der Waals surface area contributed by atoms with Crippen LogP contribution in [-0.4, -0.2) is 10.2 Å². The molecule has 0 fully saturated rings. The zero-order valence-corrected chi connectivity index (χ0v) is 11.6. The summed E-state index contributed by atoms with van der Waals surface area (Å²) in [6.07, 6.45) is 0.806. The van der Waals surface area contributed by atoms with Crippen molar-refractivity contribution in [2.75, 3.05) is 0 Å². The molecule has 0 bridgehead atoms. The summed E-state index contributed by atoms with van der Waals surface area (Å²) in [5, 5.41) is 18.3. The summed E-state index contributed by atoms with van der Waals surface area (Å²) >= 11 is 0. The quantitative estimate of drug-likeness (QED) is 0.836. The van der Waals surface area contributed by atoms with E-state index in [0.29, 0.717) is 0 Å². The zero-order valence-electron chi connectivity index (χ0n) is 8.63. The second kappa shape index (κ2) is 5.71. The molecule has 0 atom stereocenters. The van der Waals surface area contributed by atoms with Crippen LogP contribution in [-0.2, 0) is 27.5 Å². The van der Waals surface area contributed by atoms with Gasteiger partial charge in [-0.25, -0.2) is 0 Å². The first-order valence-electron chi connectivity index (χ1n) is 4.80. The van der Waals surface area contributed by atoms with E-state index in [1.807, 2.05) is 24.3 Å². The van der Waals surface area contributed by atoms with Crippen LogP contribution in [0.25, 0.3) is 0 Å². The van der Waals surface area contributed by atoms with Crippen molar-refractivity contribution in [2.45, 2.75) is 6.42 Å². The molecule has 0 aliphatic carbocycles. The van der Waals surface area contributed by atoms with Crippen LogP contribution in [0.4, 0.5) is 0 Å². The maximum atomic E-state index is 9.13. The Labute approximate surface area is 109 Å². The molecule has 2 aromatic carbocycles. The van der Waals surface area contributed by atoms with Crippen LogP contribution in [0.3, 0.4) is 0 Å². The first-order valence-corrected chi connectivity index (χ1v) is 4.80. The summed E-state index contributed by atoms with van der Waals surface area (Å²) < 4.78 is 0. The normalized spacial score (nSPS) is 9.50. The molecule has 16 heavy (non-hydrogen) atoms. The summed E-state index contributed by atoms with van der Waals surface area (Å²) in [7, 11) is 0. The van der Waals surface area contributed by atoms with Gasteiger partial charge in [0.05, 0.1) is 0 Å². The maximum Gasteiger partial charge on any atom is 0.115 e. The van der Waals surface area contributed by atoms with E-state index in [-0.39, 0.29) is 32.6 Å². The molecule has 3 heteroatoms. The molecule has 0 unspecified atom stereocenters. The Kier molecular flexibility index (Phi) is 4.57. The first-order chi connectivity index (χ1) is 7.24. The third-order valence-corrected chi connectivity index (χ3v) is 2.28. The zero-order chi connectivity index (χ0) is 10.7. The van der Waals surface area contributed by atoms with E-state index in [0.717, 1.165) is 17.5 Å². The van der Waals surface area contributed by atoms with Gasteiger partial charge in [-0.1, -0.05) is 24.3 Å². The number of aromatic hydroxyl groups is 2. The van der Waals surface area contributed by atoms with Crippen LogP contribution in [0, 0.1) is 0 Å². The molecule has 2 aromatic rings. The van der Waals surface area contributed by atoms with Crippen molar-refractivity contribution in [1.82, 2.24) is 0 Å². The maximum absolute atomic E-state index is 9.13. The van der Waals surface area contributed by atoms with Crippen molar-refractivity contribution in [1.29, 1.82) is 0 Å². The van der Waals surface area contributed by atoms with Gasteiger partial charge in [-0.15, -0.1) is 0 Å². The van der Waals surface area contributed by atoms with Crippen molar-refractivity contribution in [3.05, 3.63) is 59.7 Å². The van der Waals surface area contributed by atoms with E-state index in [2.05, 4.69) is 0 Å². The molecule has 2 nitrogen and oxygen atoms in total. The van der Waals surface area contributed by atoms with Crippen LogP contribution in [0.2, 0.25) is 0 Å². The number of hydrogen-bond acceptors (Lipinski definition) is 2. The third-order valence-electron chi connectivity index (χ3n) is 2.28. The van der Waals surface area contributed by atoms with E-state index in [1.54, 1.807) is 24.3 Å². The molecule has 0 aromatic heterocycles. The summed E-state index contributed by atoms with van der Waals surface area (Å²) in [5.74, 6) is 0.564. The molecule has 0 saturated heterocycles. The monoisotopic (exact) mass is 384 g/mol. The van der Waals surface area contributed by atoms with Crippen molar-refractivity contribution in [3.63, 3.8) is 0 Å². The second-order valence-corrected chi connectivity index (χ2v) is 3.51. The fourth-order valence-electron chi connectivity index (χ4n) is 1.46. The number of phenolic OH excluding ortho intramolecular Hbond substituents is 2. The molecule has 0 radical (unpaired) electrons. The number of hydrogen-bond donors (Lipinski definition) is 2. The molecule has 0 amide bonds. The summed E-state index contributed by atoms with van der Waals surface area (Å²) in [6, 6.07) is 14.3. The van der Waals surface area contributed by atoms with Crippen LogP contribution < -0.4 is 0 Å². The van der Waals surface area contributed by atoms with E-state index in [1.165, 1.54) is 0 Å². The van der Waals surface area contributed by atoms with Crippen LogP contribution in [0.15, 0.2) is 48.5 Å². The van der Waals surface area contributed by atoms with Gasteiger partial charge in [0.15, 0.2) is 0 Å². The number of phenols is 2. The molecule has 2 N–H and O–H groups in total. The molecule has 0 heterocycles. The smallest absolute Gasteiger partial charge is 0.115 e. The Morgan fingerprint density at radius 2 is 0.938 bits per heavy atom. The summed E-state index contributed by atoms with van der Waals surface area (Å²) in [6.45, 7) is 0. The van der Waals surface area contributed by atoms with Gasteiger partial charge in [0.2, 0.25) is 0 Å². The van der Waals surface area contributed by atoms with Crippen molar-refractivity contribution in [2.24, 2.45) is 0 Å². The first kappa shape index (κ1) is 12.8. The Morgan fingerprint density at radius 1 is 0.625 bits per heavy atom. The molecule has 2 rings (SSSR count). The van der Waals surface area contributed by atoms with Crippen LogP contribution in [0.5, 0.6) is 11.5 Å². The number of rotatable bonds is 2. The Bertz CT molecular complexity index is 391. The van der Waals surface area contributed by atoms with Gasteiger partial charge in [0, 0.05) is 21.1 Å². The van der Waals surface area contributed by atoms with E-state index >= 15 is 0 Å². The molecule has 0 spiro atoms. The topological polar surface area (TPSA) is 40.5 Å². The van der Waals surface area contributed by atoms with Gasteiger partial charge in [-0.2, -0.15) is 0 Å². The predicted molar refractivity (Wildman–Crippen MR) is 59.0 cm³/mol. The minimum Gasteiger partial charge on any atom is -0.508 e. The van der Waals surface area contributed by atoms with Crippen molar-refractivity contribution < 1.29 is 31.3 Å². The molecule has 0 saturated carbocycles. The van der Waals surface area contributed by atoms with Gasteiger partial charge >= 0.3 is 0 Å². The number of benzene rings is 2. The van der Waals surface area contributed by atoms with E-state index < -0.39 is 0 Å². The van der Waals surface area contributed by atoms with Crippen molar-refractivity contribution >= 4 is 0 Å². The van der Waals surface area contributed by atoms with Gasteiger partial charge in [0.25, 0.3) is 0 Å². The van der Waals surface area contributed by atoms with Crippen LogP contribution >= 0.6 is 0 Å². The minimum atomic E-state index is 0. The SMILES string of the molecule is Oc1ccc(Cc2ccc(O)cc2)cc1.[W]. The molecular weight excluding hydrogens is 372 g/mol. The van der Waals surface area contributed by atoms with E-state index in [4.69, 9.17) is 10.2 Å². The van der Waals surface area contributed by atoms with E-state index in [9.17, 15) is 0 Å². The second-order valence-electron chi connectivity index (χ2n) is 3.51. The Balaban J connectivity index is 0.00000128. The fraction of sp³-hybridized carbons (Fsp3) is 0.0769. The largest absolute Gasteiger partial charge is 0.508 e. The molecule has 0 aliphatic rings. The van der Waals surface area contributed by atoms with Gasteiger partial charge in [-0.3, -0.25) is 0 Å². The van der Waals surface area contributed by atoms with Gasteiger partial charge in [-0.05, 0) is 41.8 Å². The predicted octanol–water partition coefficient (Wildman–Crippen LogP) is 2.69. The Hall–Kier alpha value is -1.27. The minimum absolute atomic E-state index is 0. The fourth-order valence-corrected chi connectivity index (χ4v) is 1.46. The standard InChI is InChI=1S/C13H12O2.W/c14-12-5-1-10(2-6-12)9-11-3-7-13(15)8-4-11;/h1-8,14-15H,9H2;.